The van der Waals surface area contributed by atoms with Gasteiger partial charge in [-0.3, -0.25) is 4.79 Å². The van der Waals surface area contributed by atoms with E-state index in [0.29, 0.717) is 22.3 Å². The van der Waals surface area contributed by atoms with Crippen LogP contribution in [0, 0.1) is 5.82 Å². The van der Waals surface area contributed by atoms with Crippen LogP contribution in [-0.4, -0.2) is 30.0 Å². The van der Waals surface area contributed by atoms with Crippen LogP contribution in [0.2, 0.25) is 0 Å². The molecule has 0 aliphatic rings. The summed E-state index contributed by atoms with van der Waals surface area (Å²) in [7, 11) is -4.12. The first-order chi connectivity index (χ1) is 14.4. The van der Waals surface area contributed by atoms with E-state index in [0.717, 1.165) is 0 Å². The van der Waals surface area contributed by atoms with Crippen LogP contribution in [0.1, 0.15) is 0 Å². The third-order valence-electron chi connectivity index (χ3n) is 4.33. The highest BCUT2D eigenvalue weighted by Crippen LogP contribution is 2.27. The van der Waals surface area contributed by atoms with Gasteiger partial charge in [0.05, 0.1) is 11.0 Å². The van der Waals surface area contributed by atoms with Gasteiger partial charge in [-0.2, -0.15) is 0 Å². The standard InChI is InChI=1S/C22H16FN3O3S/c23-16-10-12-17(13-11-16)24-20(27)14-30(28,29)22-21(15-6-2-1-3-7-15)25-18-8-4-5-9-19(18)26-22/h1-13H,14H2,(H,24,27). The number of anilines is 1. The van der Waals surface area contributed by atoms with Crippen LogP contribution in [0.3, 0.4) is 0 Å². The topological polar surface area (TPSA) is 89.0 Å². The molecule has 3 aromatic carbocycles. The number of carbonyl (C=O) groups excluding carboxylic acids is 1. The number of para-hydroxylation sites is 2. The van der Waals surface area contributed by atoms with E-state index in [1.165, 1.54) is 24.3 Å². The first-order valence-corrected chi connectivity index (χ1v) is 10.7. The van der Waals surface area contributed by atoms with Crippen molar-refractivity contribution in [3.8, 4) is 11.3 Å². The van der Waals surface area contributed by atoms with Gasteiger partial charge in [0.2, 0.25) is 15.7 Å². The number of amides is 1. The molecule has 0 atom stereocenters. The Bertz CT molecular complexity index is 1330. The number of halogens is 1. The molecule has 0 spiro atoms. The maximum Gasteiger partial charge on any atom is 0.240 e. The second kappa shape index (κ2) is 8.00. The number of sulfone groups is 1. The smallest absolute Gasteiger partial charge is 0.240 e. The number of hydrogen-bond donors (Lipinski definition) is 1. The Kier molecular flexibility index (Phi) is 5.24. The molecule has 8 heteroatoms. The molecule has 0 aliphatic carbocycles. The number of carbonyl (C=O) groups is 1. The highest BCUT2D eigenvalue weighted by Gasteiger charge is 2.27. The van der Waals surface area contributed by atoms with Gasteiger partial charge in [0, 0.05) is 11.3 Å². The van der Waals surface area contributed by atoms with Crippen molar-refractivity contribution in [1.82, 2.24) is 9.97 Å². The minimum absolute atomic E-state index is 0.184. The largest absolute Gasteiger partial charge is 0.325 e. The lowest BCUT2D eigenvalue weighted by Crippen LogP contribution is -2.24. The van der Waals surface area contributed by atoms with Crippen LogP contribution in [-0.2, 0) is 14.6 Å². The third kappa shape index (κ3) is 4.18. The number of nitrogens with zero attached hydrogens (tertiary/aromatic N) is 2. The van der Waals surface area contributed by atoms with Gasteiger partial charge in [0.25, 0.3) is 0 Å². The molecule has 4 aromatic rings. The van der Waals surface area contributed by atoms with Crippen molar-refractivity contribution in [2.24, 2.45) is 0 Å². The average molecular weight is 421 g/mol. The van der Waals surface area contributed by atoms with Gasteiger partial charge in [-0.1, -0.05) is 42.5 Å². The molecule has 6 nitrogen and oxygen atoms in total. The zero-order chi connectivity index (χ0) is 21.1. The highest BCUT2D eigenvalue weighted by atomic mass is 32.2. The molecule has 0 fully saturated rings. The highest BCUT2D eigenvalue weighted by molar-refractivity contribution is 7.92. The minimum atomic E-state index is -4.12. The summed E-state index contributed by atoms with van der Waals surface area (Å²) in [4.78, 5) is 21.2. The van der Waals surface area contributed by atoms with Gasteiger partial charge in [-0.05, 0) is 36.4 Å². The molecular formula is C22H16FN3O3S. The van der Waals surface area contributed by atoms with E-state index in [1.54, 1.807) is 48.5 Å². The summed E-state index contributed by atoms with van der Waals surface area (Å²) >= 11 is 0. The Hall–Kier alpha value is -3.65. The Morgan fingerprint density at radius 1 is 0.833 bits per heavy atom. The molecule has 4 rings (SSSR count). The zero-order valence-corrected chi connectivity index (χ0v) is 16.4. The second-order valence-corrected chi connectivity index (χ2v) is 8.45. The van der Waals surface area contributed by atoms with Crippen LogP contribution in [0.4, 0.5) is 10.1 Å². The lowest BCUT2D eigenvalue weighted by Gasteiger charge is -2.11. The van der Waals surface area contributed by atoms with Crippen LogP contribution in [0.5, 0.6) is 0 Å². The number of fused-ring (bicyclic) bond motifs is 1. The van der Waals surface area contributed by atoms with E-state index in [9.17, 15) is 17.6 Å². The summed E-state index contributed by atoms with van der Waals surface area (Å²) in [5.74, 6) is -2.04. The molecule has 150 valence electrons. The lowest BCUT2D eigenvalue weighted by molar-refractivity contribution is -0.113. The summed E-state index contributed by atoms with van der Waals surface area (Å²) in [6, 6.07) is 20.8. The summed E-state index contributed by atoms with van der Waals surface area (Å²) < 4.78 is 39.2. The number of benzene rings is 3. The Balaban J connectivity index is 1.72. The molecule has 0 radical (unpaired) electrons. The van der Waals surface area contributed by atoms with Crippen LogP contribution in [0.15, 0.2) is 83.9 Å². The van der Waals surface area contributed by atoms with Gasteiger partial charge in [0.15, 0.2) is 5.03 Å². The van der Waals surface area contributed by atoms with Crippen LogP contribution < -0.4 is 5.32 Å². The molecule has 1 amide bonds. The van der Waals surface area contributed by atoms with E-state index >= 15 is 0 Å². The fraction of sp³-hybridized carbons (Fsp3) is 0.0455. The number of nitrogens with one attached hydrogen (secondary N) is 1. The molecule has 1 N–H and O–H groups in total. The maximum absolute atomic E-state index is 13.1. The number of rotatable bonds is 5. The summed E-state index contributed by atoms with van der Waals surface area (Å²) in [6.45, 7) is 0. The van der Waals surface area contributed by atoms with Gasteiger partial charge < -0.3 is 5.32 Å². The van der Waals surface area contributed by atoms with Gasteiger partial charge in [0.1, 0.15) is 17.3 Å². The van der Waals surface area contributed by atoms with Crippen molar-refractivity contribution in [1.29, 1.82) is 0 Å². The Morgan fingerprint density at radius 2 is 1.43 bits per heavy atom. The summed E-state index contributed by atoms with van der Waals surface area (Å²) in [5.41, 5.74) is 2.02. The number of hydrogen-bond acceptors (Lipinski definition) is 5. The van der Waals surface area contributed by atoms with Crippen molar-refractivity contribution in [3.05, 3.63) is 84.7 Å². The van der Waals surface area contributed by atoms with E-state index in [4.69, 9.17) is 0 Å². The van der Waals surface area contributed by atoms with Gasteiger partial charge in [-0.25, -0.2) is 22.8 Å². The molecule has 0 aliphatic heterocycles. The van der Waals surface area contributed by atoms with E-state index in [-0.39, 0.29) is 10.7 Å². The Morgan fingerprint density at radius 3 is 2.10 bits per heavy atom. The number of aromatic nitrogens is 2. The second-order valence-electron chi connectivity index (χ2n) is 6.55. The molecule has 1 heterocycles. The van der Waals surface area contributed by atoms with Gasteiger partial charge in [-0.15, -0.1) is 0 Å². The van der Waals surface area contributed by atoms with Gasteiger partial charge >= 0.3 is 0 Å². The molecule has 0 saturated heterocycles. The minimum Gasteiger partial charge on any atom is -0.325 e. The molecular weight excluding hydrogens is 405 g/mol. The Labute approximate surface area is 172 Å². The quantitative estimate of drug-likeness (QED) is 0.529. The SMILES string of the molecule is O=C(CS(=O)(=O)c1nc2ccccc2nc1-c1ccccc1)Nc1ccc(F)cc1. The molecule has 30 heavy (non-hydrogen) atoms. The normalized spacial score (nSPS) is 11.4. The summed E-state index contributed by atoms with van der Waals surface area (Å²) in [5, 5.41) is 2.20. The fourth-order valence-corrected chi connectivity index (χ4v) is 4.21. The van der Waals surface area contributed by atoms with E-state index in [1.807, 2.05) is 6.07 Å². The predicted molar refractivity (Wildman–Crippen MR) is 112 cm³/mol. The predicted octanol–water partition coefficient (Wildman–Crippen LogP) is 3.85. The van der Waals surface area contributed by atoms with E-state index in [2.05, 4.69) is 15.3 Å². The van der Waals surface area contributed by atoms with E-state index < -0.39 is 27.3 Å². The first kappa shape index (κ1) is 19.7. The molecule has 0 bridgehead atoms. The third-order valence-corrected chi connectivity index (χ3v) is 5.85. The van der Waals surface area contributed by atoms with Crippen LogP contribution >= 0.6 is 0 Å². The lowest BCUT2D eigenvalue weighted by atomic mass is 10.1. The first-order valence-electron chi connectivity index (χ1n) is 9.03. The molecule has 1 aromatic heterocycles. The van der Waals surface area contributed by atoms with Crippen molar-refractivity contribution in [2.75, 3.05) is 11.1 Å². The average Bonchev–Trinajstić information content (AvgIpc) is 2.74. The van der Waals surface area contributed by atoms with Crippen molar-refractivity contribution < 1.29 is 17.6 Å². The maximum atomic E-state index is 13.1. The summed E-state index contributed by atoms with van der Waals surface area (Å²) in [6.07, 6.45) is 0. The molecule has 0 saturated carbocycles. The molecule has 0 unspecified atom stereocenters. The monoisotopic (exact) mass is 421 g/mol. The zero-order valence-electron chi connectivity index (χ0n) is 15.6. The van der Waals surface area contributed by atoms with Crippen molar-refractivity contribution >= 4 is 32.5 Å². The van der Waals surface area contributed by atoms with Crippen molar-refractivity contribution in [3.63, 3.8) is 0 Å². The fourth-order valence-electron chi connectivity index (χ4n) is 2.96. The van der Waals surface area contributed by atoms with Crippen LogP contribution in [0.25, 0.3) is 22.3 Å². The van der Waals surface area contributed by atoms with Crippen molar-refractivity contribution in [2.45, 2.75) is 5.03 Å².